The van der Waals surface area contributed by atoms with Crippen molar-refractivity contribution in [3.8, 4) is 0 Å². The Kier molecular flexibility index (Phi) is 4.97. The van der Waals surface area contributed by atoms with E-state index >= 15 is 0 Å². The molecule has 1 aromatic carbocycles. The van der Waals surface area contributed by atoms with Crippen molar-refractivity contribution >= 4 is 34.5 Å². The highest BCUT2D eigenvalue weighted by atomic mass is 32.2. The molecular formula is C15H15FN2O3S. The highest BCUT2D eigenvalue weighted by Crippen LogP contribution is 2.29. The maximum Gasteiger partial charge on any atom is 0.327 e. The molecule has 2 aromatic rings. The summed E-state index contributed by atoms with van der Waals surface area (Å²) in [6, 6.07) is 5.07. The van der Waals surface area contributed by atoms with Crippen molar-refractivity contribution in [2.75, 3.05) is 5.75 Å². The number of nitrogens with one attached hydrogen (secondary N) is 1. The molecule has 0 aliphatic carbocycles. The van der Waals surface area contributed by atoms with Crippen LogP contribution in [0.2, 0.25) is 0 Å². The summed E-state index contributed by atoms with van der Waals surface area (Å²) in [6.07, 6.45) is 0. The van der Waals surface area contributed by atoms with Gasteiger partial charge in [0.1, 0.15) is 11.9 Å². The summed E-state index contributed by atoms with van der Waals surface area (Å²) in [6.45, 7) is 3.08. The molecule has 0 unspecified atom stereocenters. The lowest BCUT2D eigenvalue weighted by Crippen LogP contribution is -2.41. The van der Waals surface area contributed by atoms with Crippen molar-refractivity contribution in [2.24, 2.45) is 0 Å². The van der Waals surface area contributed by atoms with E-state index in [4.69, 9.17) is 5.11 Å². The molecule has 0 spiro atoms. The average molecular weight is 322 g/mol. The molecule has 1 atom stereocenters. The zero-order valence-electron chi connectivity index (χ0n) is 12.1. The van der Waals surface area contributed by atoms with Gasteiger partial charge in [0.05, 0.1) is 5.52 Å². The quantitative estimate of drug-likeness (QED) is 0.826. The highest BCUT2D eigenvalue weighted by Gasteiger charge is 2.19. The van der Waals surface area contributed by atoms with E-state index in [2.05, 4.69) is 10.3 Å². The van der Waals surface area contributed by atoms with Crippen LogP contribution in [0.3, 0.4) is 0 Å². The zero-order valence-corrected chi connectivity index (χ0v) is 12.9. The number of rotatable bonds is 5. The molecule has 1 heterocycles. The number of carboxylic acids is 1. The molecule has 0 saturated carbocycles. The summed E-state index contributed by atoms with van der Waals surface area (Å²) in [7, 11) is 0. The van der Waals surface area contributed by atoms with Gasteiger partial charge in [-0.15, -0.1) is 11.8 Å². The number of aryl methyl sites for hydroxylation is 1. The monoisotopic (exact) mass is 322 g/mol. The van der Waals surface area contributed by atoms with Gasteiger partial charge in [-0.3, -0.25) is 9.78 Å². The number of nitrogens with zero attached hydrogens (tertiary/aromatic N) is 1. The third-order valence-electron chi connectivity index (χ3n) is 2.94. The first kappa shape index (κ1) is 16.2. The van der Waals surface area contributed by atoms with Gasteiger partial charge in [0, 0.05) is 28.7 Å². The first-order valence-electron chi connectivity index (χ1n) is 6.56. The van der Waals surface area contributed by atoms with Gasteiger partial charge < -0.3 is 10.4 Å². The van der Waals surface area contributed by atoms with Crippen molar-refractivity contribution in [3.63, 3.8) is 0 Å². The predicted molar refractivity (Wildman–Crippen MR) is 82.4 cm³/mol. The van der Waals surface area contributed by atoms with Crippen LogP contribution < -0.4 is 5.32 Å². The van der Waals surface area contributed by atoms with E-state index in [9.17, 15) is 14.0 Å². The van der Waals surface area contributed by atoms with Gasteiger partial charge in [0.25, 0.3) is 0 Å². The molecule has 0 saturated heterocycles. The summed E-state index contributed by atoms with van der Waals surface area (Å²) >= 11 is 1.25. The van der Waals surface area contributed by atoms with Crippen LogP contribution in [0.25, 0.3) is 10.9 Å². The maximum absolute atomic E-state index is 13.4. The standard InChI is InChI=1S/C15H15FN2O3S/c1-8-5-14(11-6-10(16)3-4-12(11)17-8)22-7-13(15(20)21)18-9(2)19/h3-6,13H,7H2,1-2H3,(H,18,19)(H,20,21)/t13-/m0/s1. The van der Waals surface area contributed by atoms with E-state index in [-0.39, 0.29) is 11.6 Å². The Labute approximate surface area is 130 Å². The first-order valence-corrected chi connectivity index (χ1v) is 7.55. The third-order valence-corrected chi connectivity index (χ3v) is 4.09. The summed E-state index contributed by atoms with van der Waals surface area (Å²) in [5.41, 5.74) is 1.41. The van der Waals surface area contributed by atoms with Crippen LogP contribution in [0.1, 0.15) is 12.6 Å². The molecule has 0 fully saturated rings. The minimum Gasteiger partial charge on any atom is -0.480 e. The zero-order chi connectivity index (χ0) is 16.3. The first-order chi connectivity index (χ1) is 10.4. The van der Waals surface area contributed by atoms with Crippen LogP contribution in [0.5, 0.6) is 0 Å². The summed E-state index contributed by atoms with van der Waals surface area (Å²) < 4.78 is 13.4. The number of carbonyl (C=O) groups excluding carboxylic acids is 1. The van der Waals surface area contributed by atoms with Gasteiger partial charge in [0.2, 0.25) is 5.91 Å². The number of amides is 1. The van der Waals surface area contributed by atoms with Crippen LogP contribution >= 0.6 is 11.8 Å². The largest absolute Gasteiger partial charge is 0.480 e. The number of carbonyl (C=O) groups is 2. The Morgan fingerprint density at radius 2 is 2.14 bits per heavy atom. The van der Waals surface area contributed by atoms with Crippen molar-refractivity contribution < 1.29 is 19.1 Å². The van der Waals surface area contributed by atoms with Crippen LogP contribution in [0.4, 0.5) is 4.39 Å². The van der Waals surface area contributed by atoms with Crippen molar-refractivity contribution in [1.82, 2.24) is 10.3 Å². The normalized spacial score (nSPS) is 12.1. The summed E-state index contributed by atoms with van der Waals surface area (Å²) in [4.78, 5) is 27.2. The molecule has 116 valence electrons. The van der Waals surface area contributed by atoms with E-state index < -0.39 is 17.9 Å². The molecule has 0 aliphatic rings. The van der Waals surface area contributed by atoms with Gasteiger partial charge in [-0.05, 0) is 31.2 Å². The van der Waals surface area contributed by atoms with E-state index in [0.717, 1.165) is 10.6 Å². The van der Waals surface area contributed by atoms with E-state index in [1.807, 2.05) is 6.92 Å². The lowest BCUT2D eigenvalue weighted by molar-refractivity contribution is -0.140. The number of thioether (sulfide) groups is 1. The summed E-state index contributed by atoms with van der Waals surface area (Å²) in [5, 5.41) is 12.1. The number of aromatic nitrogens is 1. The average Bonchev–Trinajstić information content (AvgIpc) is 2.43. The topological polar surface area (TPSA) is 79.3 Å². The molecule has 1 amide bonds. The van der Waals surface area contributed by atoms with Gasteiger partial charge in [0.15, 0.2) is 0 Å². The molecule has 0 aliphatic heterocycles. The minimum atomic E-state index is -1.11. The van der Waals surface area contributed by atoms with Crippen molar-refractivity contribution in [2.45, 2.75) is 24.8 Å². The number of hydrogen-bond acceptors (Lipinski definition) is 4. The fourth-order valence-electron chi connectivity index (χ4n) is 2.01. The third kappa shape index (κ3) is 3.94. The molecule has 2 N–H and O–H groups in total. The molecule has 7 heteroatoms. The molecular weight excluding hydrogens is 307 g/mol. The van der Waals surface area contributed by atoms with Crippen molar-refractivity contribution in [1.29, 1.82) is 0 Å². The molecule has 1 aromatic heterocycles. The second kappa shape index (κ2) is 6.74. The Bertz CT molecular complexity index is 736. The number of benzene rings is 1. The van der Waals surface area contributed by atoms with Gasteiger partial charge in [-0.1, -0.05) is 0 Å². The van der Waals surface area contributed by atoms with E-state index in [1.54, 1.807) is 12.1 Å². The Morgan fingerprint density at radius 3 is 2.77 bits per heavy atom. The maximum atomic E-state index is 13.4. The Balaban J connectivity index is 2.28. The lowest BCUT2D eigenvalue weighted by atomic mass is 10.2. The lowest BCUT2D eigenvalue weighted by Gasteiger charge is -2.14. The second-order valence-corrected chi connectivity index (χ2v) is 5.89. The number of hydrogen-bond donors (Lipinski definition) is 2. The van der Waals surface area contributed by atoms with Gasteiger partial charge >= 0.3 is 5.97 Å². The van der Waals surface area contributed by atoms with Crippen LogP contribution in [0, 0.1) is 12.7 Å². The summed E-state index contributed by atoms with van der Waals surface area (Å²) in [5.74, 6) is -1.75. The molecule has 2 rings (SSSR count). The van der Waals surface area contributed by atoms with Crippen LogP contribution in [0.15, 0.2) is 29.2 Å². The highest BCUT2D eigenvalue weighted by molar-refractivity contribution is 7.99. The fourth-order valence-corrected chi connectivity index (χ4v) is 3.15. The smallest absolute Gasteiger partial charge is 0.327 e. The number of halogens is 1. The molecule has 0 bridgehead atoms. The van der Waals surface area contributed by atoms with E-state index in [0.29, 0.717) is 10.9 Å². The molecule has 5 nitrogen and oxygen atoms in total. The van der Waals surface area contributed by atoms with Crippen LogP contribution in [-0.2, 0) is 9.59 Å². The van der Waals surface area contributed by atoms with E-state index in [1.165, 1.54) is 30.8 Å². The van der Waals surface area contributed by atoms with Gasteiger partial charge in [-0.2, -0.15) is 0 Å². The van der Waals surface area contributed by atoms with Crippen LogP contribution in [-0.4, -0.2) is 33.8 Å². The number of fused-ring (bicyclic) bond motifs is 1. The minimum absolute atomic E-state index is 0.143. The fraction of sp³-hybridized carbons (Fsp3) is 0.267. The molecule has 22 heavy (non-hydrogen) atoms. The Morgan fingerprint density at radius 1 is 1.41 bits per heavy atom. The molecule has 0 radical (unpaired) electrons. The Hall–Kier alpha value is -2.15. The number of pyridine rings is 1. The second-order valence-electron chi connectivity index (χ2n) is 4.83. The number of aliphatic carboxylic acids is 1. The number of carboxylic acid groups (broad SMARTS) is 1. The van der Waals surface area contributed by atoms with Crippen molar-refractivity contribution in [3.05, 3.63) is 35.8 Å². The van der Waals surface area contributed by atoms with Gasteiger partial charge in [-0.25, -0.2) is 9.18 Å². The SMILES string of the molecule is CC(=O)N[C@@H](CSc1cc(C)nc2ccc(F)cc12)C(=O)O. The predicted octanol–water partition coefficient (Wildman–Crippen LogP) is 2.36.